The largest absolute Gasteiger partial charge is 0.494 e. The summed E-state index contributed by atoms with van der Waals surface area (Å²) < 4.78 is 5.72. The number of rotatable bonds is 28. The normalized spacial score (nSPS) is 13.9. The minimum absolute atomic E-state index is 0.142. The molecule has 0 heterocycles. The van der Waals surface area contributed by atoms with Gasteiger partial charge in [0.1, 0.15) is 17.6 Å². The second-order valence-corrected chi connectivity index (χ2v) is 13.0. The Balaban J connectivity index is 2.81. The van der Waals surface area contributed by atoms with Gasteiger partial charge in [-0.3, -0.25) is 14.4 Å². The molecule has 0 aromatic heterocycles. The van der Waals surface area contributed by atoms with Gasteiger partial charge in [-0.1, -0.05) is 83.6 Å². The van der Waals surface area contributed by atoms with Crippen molar-refractivity contribution in [3.05, 3.63) is 42.0 Å². The molecule has 1 aromatic rings. The summed E-state index contributed by atoms with van der Waals surface area (Å²) >= 11 is 0. The van der Waals surface area contributed by atoms with Crippen LogP contribution in [0, 0.1) is 11.8 Å². The van der Waals surface area contributed by atoms with Gasteiger partial charge < -0.3 is 30.5 Å². The topological polar surface area (TPSA) is 188 Å². The fourth-order valence-corrected chi connectivity index (χ4v) is 5.33. The zero-order valence-electron chi connectivity index (χ0n) is 29.0. The van der Waals surface area contributed by atoms with Crippen molar-refractivity contribution in [2.24, 2.45) is 11.8 Å². The van der Waals surface area contributed by atoms with E-state index in [4.69, 9.17) is 4.74 Å². The van der Waals surface area contributed by atoms with Crippen molar-refractivity contribution >= 4 is 29.6 Å². The number of allylic oxidation sites excluding steroid dienone is 1. The highest BCUT2D eigenvalue weighted by Gasteiger charge is 2.49. The molecule has 5 N–H and O–H groups in total. The van der Waals surface area contributed by atoms with Crippen molar-refractivity contribution in [3.8, 4) is 5.75 Å². The summed E-state index contributed by atoms with van der Waals surface area (Å²) in [5.41, 5.74) is -2.45. The van der Waals surface area contributed by atoms with Crippen LogP contribution in [0.2, 0.25) is 0 Å². The van der Waals surface area contributed by atoms with E-state index in [1.807, 2.05) is 0 Å². The van der Waals surface area contributed by atoms with E-state index >= 15 is 0 Å². The van der Waals surface area contributed by atoms with Crippen molar-refractivity contribution in [2.75, 3.05) is 6.61 Å². The molecule has 0 aliphatic carbocycles. The molecule has 3 atom stereocenters. The van der Waals surface area contributed by atoms with Crippen LogP contribution in [0.5, 0.6) is 5.75 Å². The van der Waals surface area contributed by atoms with E-state index in [-0.39, 0.29) is 12.2 Å². The van der Waals surface area contributed by atoms with Gasteiger partial charge in [0.15, 0.2) is 5.60 Å². The Hall–Kier alpha value is -3.73. The molecule has 11 heteroatoms. The number of carbonyl (C=O) groups is 5. The number of carbonyl (C=O) groups excluding carboxylic acids is 2. The van der Waals surface area contributed by atoms with Crippen LogP contribution >= 0.6 is 0 Å². The van der Waals surface area contributed by atoms with Crippen LogP contribution in [0.25, 0.3) is 0 Å². The summed E-state index contributed by atoms with van der Waals surface area (Å²) in [6, 6.07) is 5.24. The Bertz CT molecular complexity index is 1160. The lowest BCUT2D eigenvalue weighted by atomic mass is 9.82. The fourth-order valence-electron chi connectivity index (χ4n) is 5.33. The number of carboxylic acids is 3. The van der Waals surface area contributed by atoms with Crippen LogP contribution in [-0.2, 0) is 30.4 Å². The van der Waals surface area contributed by atoms with Crippen molar-refractivity contribution < 1.29 is 49.1 Å². The highest BCUT2D eigenvalue weighted by Crippen LogP contribution is 2.26. The number of Topliss-reactive ketones (excluding diaryl/α,β-unsaturated/α-hetero) is 1. The molecule has 0 unspecified atom stereocenters. The van der Waals surface area contributed by atoms with E-state index in [0.29, 0.717) is 49.5 Å². The fraction of sp³-hybridized carbons (Fsp3) is 0.649. The number of amides is 1. The Morgan fingerprint density at radius 3 is 2.00 bits per heavy atom. The van der Waals surface area contributed by atoms with Gasteiger partial charge in [-0.25, -0.2) is 9.59 Å². The number of aliphatic hydroxyl groups is 1. The van der Waals surface area contributed by atoms with Crippen LogP contribution in [0.3, 0.4) is 0 Å². The molecule has 0 bridgehead atoms. The third-order valence-electron chi connectivity index (χ3n) is 8.22. The van der Waals surface area contributed by atoms with Gasteiger partial charge in [0, 0.05) is 19.3 Å². The number of carboxylic acid groups (broad SMARTS) is 3. The van der Waals surface area contributed by atoms with E-state index < -0.39 is 47.8 Å². The maximum atomic E-state index is 13.3. The predicted octanol–water partition coefficient (Wildman–Crippen LogP) is 6.35. The number of ether oxygens (including phenoxy) is 1. The van der Waals surface area contributed by atoms with Crippen molar-refractivity contribution in [2.45, 2.75) is 135 Å². The van der Waals surface area contributed by atoms with Crippen molar-refractivity contribution in [3.63, 3.8) is 0 Å². The summed E-state index contributed by atoms with van der Waals surface area (Å²) in [6.07, 6.45) is 13.3. The molecule has 1 rings (SSSR count). The first-order chi connectivity index (χ1) is 22.8. The van der Waals surface area contributed by atoms with Gasteiger partial charge in [0.2, 0.25) is 5.91 Å². The summed E-state index contributed by atoms with van der Waals surface area (Å²) in [6.45, 7) is 6.96. The minimum Gasteiger partial charge on any atom is -0.494 e. The molecule has 0 fully saturated rings. The molecule has 0 aliphatic heterocycles. The molecule has 0 saturated heterocycles. The lowest BCUT2D eigenvalue weighted by molar-refractivity contribution is -0.172. The van der Waals surface area contributed by atoms with Gasteiger partial charge in [0.25, 0.3) is 0 Å². The number of ketones is 1. The minimum atomic E-state index is -3.01. The molecule has 48 heavy (non-hydrogen) atoms. The van der Waals surface area contributed by atoms with E-state index in [2.05, 4.69) is 26.1 Å². The average molecular weight is 676 g/mol. The molecular formula is C37H57NO10. The van der Waals surface area contributed by atoms with Gasteiger partial charge in [0.05, 0.1) is 18.9 Å². The standard InChI is InChI=1S/C37H57NO10/c1-4-5-6-9-12-17-29(39)18-13-10-7-8-11-14-19-31(37(47,36(45)46)26-33(40)41)34(42)38-32(35(43)44)25-28-20-22-30(23-21-28)48-24-15-16-27(2)3/h14,19-23,27,31-32,47H,4-13,15-18,24-26H2,1-3H3,(H,38,42)(H,40,41)(H,43,44)(H,45,46)/b19-14+/t31-,32+,37+/m1/s1. The first-order valence-corrected chi connectivity index (χ1v) is 17.4. The molecule has 1 aromatic carbocycles. The number of hydrogen-bond donors (Lipinski definition) is 5. The Morgan fingerprint density at radius 1 is 0.854 bits per heavy atom. The zero-order chi connectivity index (χ0) is 36.0. The van der Waals surface area contributed by atoms with Crippen LogP contribution < -0.4 is 10.1 Å². The van der Waals surface area contributed by atoms with E-state index in [1.165, 1.54) is 12.5 Å². The lowest BCUT2D eigenvalue weighted by Crippen LogP contribution is -2.55. The smallest absolute Gasteiger partial charge is 0.337 e. The molecule has 11 nitrogen and oxygen atoms in total. The second kappa shape index (κ2) is 23.6. The third kappa shape index (κ3) is 17.4. The Kier molecular flexibility index (Phi) is 20.8. The van der Waals surface area contributed by atoms with Gasteiger partial charge in [-0.05, 0) is 62.1 Å². The number of benzene rings is 1. The summed E-state index contributed by atoms with van der Waals surface area (Å²) in [5, 5.41) is 42.1. The highest BCUT2D eigenvalue weighted by atomic mass is 16.5. The van der Waals surface area contributed by atoms with E-state index in [9.17, 15) is 44.4 Å². The first-order valence-electron chi connectivity index (χ1n) is 17.4. The second-order valence-electron chi connectivity index (χ2n) is 13.0. The van der Waals surface area contributed by atoms with Gasteiger partial charge in [-0.15, -0.1) is 0 Å². The highest BCUT2D eigenvalue weighted by molar-refractivity contribution is 5.94. The van der Waals surface area contributed by atoms with E-state index in [0.717, 1.165) is 63.9 Å². The third-order valence-corrected chi connectivity index (χ3v) is 8.22. The number of nitrogens with one attached hydrogen (secondary N) is 1. The number of hydrogen-bond acceptors (Lipinski definition) is 7. The summed E-state index contributed by atoms with van der Waals surface area (Å²) in [5.74, 6) is -6.48. The zero-order valence-corrected chi connectivity index (χ0v) is 29.0. The number of aliphatic carboxylic acids is 3. The predicted molar refractivity (Wildman–Crippen MR) is 183 cm³/mol. The number of unbranched alkanes of at least 4 members (excludes halogenated alkanes) is 8. The van der Waals surface area contributed by atoms with Crippen molar-refractivity contribution in [1.82, 2.24) is 5.32 Å². The first kappa shape index (κ1) is 42.3. The quantitative estimate of drug-likeness (QED) is 0.0495. The molecule has 0 saturated carbocycles. The Morgan fingerprint density at radius 2 is 1.46 bits per heavy atom. The summed E-state index contributed by atoms with van der Waals surface area (Å²) in [4.78, 5) is 61.0. The molecule has 0 radical (unpaired) electrons. The molecule has 1 amide bonds. The van der Waals surface area contributed by atoms with Crippen LogP contribution in [-0.4, -0.2) is 68.3 Å². The van der Waals surface area contributed by atoms with E-state index in [1.54, 1.807) is 24.3 Å². The molecule has 270 valence electrons. The monoisotopic (exact) mass is 675 g/mol. The average Bonchev–Trinajstić information content (AvgIpc) is 3.01. The Labute approximate surface area is 285 Å². The molecule has 0 spiro atoms. The van der Waals surface area contributed by atoms with Crippen molar-refractivity contribution in [1.29, 1.82) is 0 Å². The lowest BCUT2D eigenvalue weighted by Gasteiger charge is -2.29. The van der Waals surface area contributed by atoms with Gasteiger partial charge in [-0.2, -0.15) is 0 Å². The maximum absolute atomic E-state index is 13.3. The maximum Gasteiger partial charge on any atom is 0.337 e. The molecule has 0 aliphatic rings. The molecular weight excluding hydrogens is 618 g/mol. The van der Waals surface area contributed by atoms with Gasteiger partial charge >= 0.3 is 17.9 Å². The van der Waals surface area contributed by atoms with Crippen LogP contribution in [0.15, 0.2) is 36.4 Å². The summed E-state index contributed by atoms with van der Waals surface area (Å²) in [7, 11) is 0. The SMILES string of the molecule is CCCCCCCC(=O)CCCCCC/C=C/[C@H](C(=O)N[C@@H](Cc1ccc(OCCCC(C)C)cc1)C(=O)O)[C@@](O)(CC(=O)O)C(=O)O. The van der Waals surface area contributed by atoms with Crippen LogP contribution in [0.4, 0.5) is 0 Å². The van der Waals surface area contributed by atoms with Crippen LogP contribution in [0.1, 0.15) is 123 Å².